The summed E-state index contributed by atoms with van der Waals surface area (Å²) >= 11 is 1.65. The van der Waals surface area contributed by atoms with E-state index >= 15 is 0 Å². The maximum absolute atomic E-state index is 5.62. The zero-order chi connectivity index (χ0) is 6.69. The minimum atomic E-state index is 0.0324. The summed E-state index contributed by atoms with van der Waals surface area (Å²) in [4.78, 5) is 1.16. The van der Waals surface area contributed by atoms with Crippen molar-refractivity contribution in [3.63, 3.8) is 0 Å². The van der Waals surface area contributed by atoms with Crippen molar-refractivity contribution in [2.24, 2.45) is 11.5 Å². The summed E-state index contributed by atoms with van der Waals surface area (Å²) in [7, 11) is 0. The van der Waals surface area contributed by atoms with E-state index in [1.807, 2.05) is 17.5 Å². The van der Waals surface area contributed by atoms with Gasteiger partial charge in [0.15, 0.2) is 0 Å². The molecule has 1 atom stereocenters. The molecule has 0 aromatic carbocycles. The quantitative estimate of drug-likeness (QED) is 0.639. The summed E-state index contributed by atoms with van der Waals surface area (Å²) in [6, 6.07) is 4.02. The smallest absolute Gasteiger partial charge is 0.0514 e. The topological polar surface area (TPSA) is 52.0 Å². The summed E-state index contributed by atoms with van der Waals surface area (Å²) in [5, 5.41) is 2.00. The molecule has 0 spiro atoms. The van der Waals surface area contributed by atoms with E-state index < -0.39 is 0 Å². The van der Waals surface area contributed by atoms with Crippen molar-refractivity contribution in [2.75, 3.05) is 6.54 Å². The van der Waals surface area contributed by atoms with Crippen molar-refractivity contribution < 1.29 is 0 Å². The first-order chi connectivity index (χ1) is 4.34. The lowest BCUT2D eigenvalue weighted by Crippen LogP contribution is -2.19. The van der Waals surface area contributed by atoms with Crippen LogP contribution < -0.4 is 11.5 Å². The van der Waals surface area contributed by atoms with Gasteiger partial charge in [0.2, 0.25) is 0 Å². The van der Waals surface area contributed by atoms with Gasteiger partial charge in [-0.15, -0.1) is 11.3 Å². The molecule has 50 valence electrons. The Bertz CT molecular complexity index is 160. The van der Waals surface area contributed by atoms with Gasteiger partial charge in [-0.05, 0) is 11.4 Å². The summed E-state index contributed by atoms with van der Waals surface area (Å²) in [5.74, 6) is 0. The molecule has 0 amide bonds. The van der Waals surface area contributed by atoms with E-state index in [-0.39, 0.29) is 6.04 Å². The Hall–Kier alpha value is -0.380. The lowest BCUT2D eigenvalue weighted by Gasteiger charge is -2.02. The fraction of sp³-hybridized carbons (Fsp3) is 0.333. The van der Waals surface area contributed by atoms with Gasteiger partial charge in [0.1, 0.15) is 0 Å². The van der Waals surface area contributed by atoms with E-state index in [4.69, 9.17) is 11.5 Å². The van der Waals surface area contributed by atoms with E-state index in [1.54, 1.807) is 11.3 Å². The predicted molar refractivity (Wildman–Crippen MR) is 40.3 cm³/mol. The highest BCUT2D eigenvalue weighted by Gasteiger charge is 2.01. The van der Waals surface area contributed by atoms with Crippen molar-refractivity contribution in [1.82, 2.24) is 0 Å². The predicted octanol–water partition coefficient (Wildman–Crippen LogP) is 0.707. The number of hydrogen-bond donors (Lipinski definition) is 2. The van der Waals surface area contributed by atoms with Crippen molar-refractivity contribution in [3.05, 3.63) is 22.4 Å². The van der Waals surface area contributed by atoms with Crippen LogP contribution in [0.15, 0.2) is 17.5 Å². The Morgan fingerprint density at radius 1 is 1.67 bits per heavy atom. The van der Waals surface area contributed by atoms with E-state index in [0.29, 0.717) is 6.54 Å². The number of rotatable bonds is 2. The Kier molecular flexibility index (Phi) is 2.22. The third-order valence-corrected chi connectivity index (χ3v) is 2.17. The summed E-state index contributed by atoms with van der Waals surface area (Å²) < 4.78 is 0. The van der Waals surface area contributed by atoms with Gasteiger partial charge in [-0.3, -0.25) is 0 Å². The second-order valence-corrected chi connectivity index (χ2v) is 2.84. The van der Waals surface area contributed by atoms with Gasteiger partial charge in [-0.2, -0.15) is 0 Å². The molecule has 2 nitrogen and oxygen atoms in total. The molecule has 3 heteroatoms. The van der Waals surface area contributed by atoms with Crippen LogP contribution in [0.5, 0.6) is 0 Å². The highest BCUT2D eigenvalue weighted by atomic mass is 32.1. The average molecular weight is 142 g/mol. The molecule has 4 N–H and O–H groups in total. The van der Waals surface area contributed by atoms with E-state index in [0.717, 1.165) is 4.88 Å². The molecule has 1 rings (SSSR count). The van der Waals surface area contributed by atoms with Gasteiger partial charge in [0, 0.05) is 11.4 Å². The maximum atomic E-state index is 5.62. The molecule has 0 fully saturated rings. The fourth-order valence-electron chi connectivity index (χ4n) is 0.618. The van der Waals surface area contributed by atoms with Crippen LogP contribution in [0.4, 0.5) is 0 Å². The molecule has 0 aliphatic carbocycles. The molecule has 0 saturated heterocycles. The Morgan fingerprint density at radius 2 is 2.44 bits per heavy atom. The highest BCUT2D eigenvalue weighted by Crippen LogP contribution is 2.14. The minimum Gasteiger partial charge on any atom is -0.329 e. The molecular weight excluding hydrogens is 132 g/mol. The average Bonchev–Trinajstić information content (AvgIpc) is 2.37. The highest BCUT2D eigenvalue weighted by molar-refractivity contribution is 7.10. The Morgan fingerprint density at radius 3 is 2.89 bits per heavy atom. The van der Waals surface area contributed by atoms with Crippen LogP contribution in [0, 0.1) is 0 Å². The Balaban J connectivity index is 2.65. The third kappa shape index (κ3) is 1.51. The largest absolute Gasteiger partial charge is 0.329 e. The number of thiophene rings is 1. The van der Waals surface area contributed by atoms with Crippen molar-refractivity contribution >= 4 is 11.3 Å². The first-order valence-corrected chi connectivity index (χ1v) is 3.71. The van der Waals surface area contributed by atoms with E-state index in [1.165, 1.54) is 0 Å². The molecule has 9 heavy (non-hydrogen) atoms. The molecule has 1 heterocycles. The first-order valence-electron chi connectivity index (χ1n) is 2.83. The van der Waals surface area contributed by atoms with Crippen LogP contribution in [0.25, 0.3) is 0 Å². The van der Waals surface area contributed by atoms with Crippen molar-refractivity contribution in [2.45, 2.75) is 6.04 Å². The lowest BCUT2D eigenvalue weighted by molar-refractivity contribution is 0.752. The lowest BCUT2D eigenvalue weighted by atomic mass is 10.3. The van der Waals surface area contributed by atoms with E-state index in [2.05, 4.69) is 0 Å². The molecule has 0 aliphatic rings. The number of nitrogens with two attached hydrogens (primary N) is 2. The van der Waals surface area contributed by atoms with Gasteiger partial charge in [0.05, 0.1) is 6.04 Å². The monoisotopic (exact) mass is 142 g/mol. The number of hydrogen-bond acceptors (Lipinski definition) is 3. The van der Waals surface area contributed by atoms with Crippen LogP contribution >= 0.6 is 11.3 Å². The molecular formula is C6H10N2S. The molecule has 1 aromatic rings. The van der Waals surface area contributed by atoms with Gasteiger partial charge in [0.25, 0.3) is 0 Å². The van der Waals surface area contributed by atoms with Gasteiger partial charge in [-0.1, -0.05) is 6.07 Å². The zero-order valence-electron chi connectivity index (χ0n) is 5.08. The SMILES string of the molecule is NCC(N)c1cccs1. The van der Waals surface area contributed by atoms with Crippen molar-refractivity contribution in [3.8, 4) is 0 Å². The minimum absolute atomic E-state index is 0.0324. The van der Waals surface area contributed by atoms with Crippen LogP contribution in [0.2, 0.25) is 0 Å². The fourth-order valence-corrected chi connectivity index (χ4v) is 1.36. The van der Waals surface area contributed by atoms with Crippen LogP contribution in [-0.4, -0.2) is 6.54 Å². The third-order valence-electron chi connectivity index (χ3n) is 1.16. The van der Waals surface area contributed by atoms with Crippen molar-refractivity contribution in [1.29, 1.82) is 0 Å². The summed E-state index contributed by atoms with van der Waals surface area (Å²) in [5.41, 5.74) is 11.0. The second-order valence-electron chi connectivity index (χ2n) is 1.86. The zero-order valence-corrected chi connectivity index (χ0v) is 5.90. The summed E-state index contributed by atoms with van der Waals surface area (Å²) in [6.45, 7) is 0.528. The van der Waals surface area contributed by atoms with Crippen LogP contribution in [0.1, 0.15) is 10.9 Å². The molecule has 1 aromatic heterocycles. The Labute approximate surface area is 58.5 Å². The molecule has 0 aliphatic heterocycles. The van der Waals surface area contributed by atoms with E-state index in [9.17, 15) is 0 Å². The van der Waals surface area contributed by atoms with Crippen LogP contribution in [-0.2, 0) is 0 Å². The molecule has 0 radical (unpaired) electrons. The van der Waals surface area contributed by atoms with Crippen LogP contribution in [0.3, 0.4) is 0 Å². The standard InChI is InChI=1S/C6H10N2S/c7-4-5(8)6-2-1-3-9-6/h1-3,5H,4,7-8H2. The molecule has 0 bridgehead atoms. The molecule has 1 unspecified atom stereocenters. The summed E-state index contributed by atoms with van der Waals surface area (Å²) in [6.07, 6.45) is 0. The van der Waals surface area contributed by atoms with Gasteiger partial charge < -0.3 is 11.5 Å². The first kappa shape index (κ1) is 6.74. The van der Waals surface area contributed by atoms with Gasteiger partial charge >= 0.3 is 0 Å². The van der Waals surface area contributed by atoms with Gasteiger partial charge in [-0.25, -0.2) is 0 Å². The second kappa shape index (κ2) is 2.96. The normalized spacial score (nSPS) is 13.6. The molecule has 0 saturated carbocycles. The maximum Gasteiger partial charge on any atom is 0.0514 e.